The number of rotatable bonds is 2. The first kappa shape index (κ1) is 15.1. The summed E-state index contributed by atoms with van der Waals surface area (Å²) in [5.41, 5.74) is 1.84. The lowest BCUT2D eigenvalue weighted by molar-refractivity contribution is -0.113. The van der Waals surface area contributed by atoms with Crippen LogP contribution in [0.1, 0.15) is 5.56 Å². The summed E-state index contributed by atoms with van der Waals surface area (Å²) in [4.78, 5) is 15.1. The lowest BCUT2D eigenvalue weighted by Crippen LogP contribution is -2.27. The van der Waals surface area contributed by atoms with Crippen LogP contribution in [0.4, 0.5) is 5.69 Å². The van der Waals surface area contributed by atoms with Gasteiger partial charge in [-0.2, -0.15) is 0 Å². The van der Waals surface area contributed by atoms with Crippen molar-refractivity contribution < 1.29 is 4.79 Å². The van der Waals surface area contributed by atoms with Crippen molar-refractivity contribution in [3.63, 3.8) is 0 Å². The van der Waals surface area contributed by atoms with Crippen LogP contribution >= 0.6 is 24.0 Å². The summed E-state index contributed by atoms with van der Waals surface area (Å²) in [5, 5.41) is 2.29. The number of para-hydroxylation sites is 1. The normalized spacial score (nSPS) is 16.3. The Hall–Kier alpha value is -2.43. The van der Waals surface area contributed by atoms with Crippen molar-refractivity contribution in [3.05, 3.63) is 83.3 Å². The molecule has 3 aromatic rings. The van der Waals surface area contributed by atoms with E-state index in [1.807, 2.05) is 60.7 Å². The van der Waals surface area contributed by atoms with E-state index >= 15 is 0 Å². The van der Waals surface area contributed by atoms with Gasteiger partial charge in [0, 0.05) is 0 Å². The Balaban J connectivity index is 1.76. The third kappa shape index (κ3) is 2.64. The summed E-state index contributed by atoms with van der Waals surface area (Å²) in [6.45, 7) is 0. The van der Waals surface area contributed by atoms with Gasteiger partial charge in [-0.1, -0.05) is 84.6 Å². The van der Waals surface area contributed by atoms with Crippen LogP contribution in [-0.4, -0.2) is 10.2 Å². The number of benzene rings is 3. The van der Waals surface area contributed by atoms with Crippen LogP contribution in [0.25, 0.3) is 16.8 Å². The zero-order valence-electron chi connectivity index (χ0n) is 12.7. The maximum atomic E-state index is 12.8. The molecule has 1 heterocycles. The Morgan fingerprint density at radius 1 is 0.875 bits per heavy atom. The molecule has 4 rings (SSSR count). The van der Waals surface area contributed by atoms with Gasteiger partial charge in [0.1, 0.15) is 0 Å². The lowest BCUT2D eigenvalue weighted by Gasteiger charge is -2.13. The molecule has 3 aromatic carbocycles. The van der Waals surface area contributed by atoms with Crippen LogP contribution in [-0.2, 0) is 4.79 Å². The number of carbonyl (C=O) groups excluding carboxylic acids is 1. The largest absolute Gasteiger partial charge is 0.270 e. The fraction of sp³-hybridized carbons (Fsp3) is 0. The van der Waals surface area contributed by atoms with E-state index in [1.54, 1.807) is 4.90 Å². The molecule has 24 heavy (non-hydrogen) atoms. The van der Waals surface area contributed by atoms with E-state index in [2.05, 4.69) is 18.2 Å². The molecule has 0 radical (unpaired) electrons. The molecule has 0 unspecified atom stereocenters. The zero-order valence-corrected chi connectivity index (χ0v) is 14.3. The van der Waals surface area contributed by atoms with E-state index < -0.39 is 0 Å². The number of hydrogen-bond acceptors (Lipinski definition) is 3. The van der Waals surface area contributed by atoms with E-state index in [4.69, 9.17) is 12.2 Å². The highest BCUT2D eigenvalue weighted by molar-refractivity contribution is 8.27. The third-order valence-corrected chi connectivity index (χ3v) is 5.22. The van der Waals surface area contributed by atoms with Gasteiger partial charge < -0.3 is 0 Å². The standard InChI is InChI=1S/C20H13NOS2/c22-19-18(24-20(23)21(19)16-10-2-1-3-11-16)13-15-9-6-8-14-7-4-5-12-17(14)15/h1-13H. The fourth-order valence-electron chi connectivity index (χ4n) is 2.78. The van der Waals surface area contributed by atoms with Crippen LogP contribution in [0.2, 0.25) is 0 Å². The Morgan fingerprint density at radius 3 is 2.42 bits per heavy atom. The molecule has 1 amide bonds. The highest BCUT2D eigenvalue weighted by Gasteiger charge is 2.33. The van der Waals surface area contributed by atoms with Gasteiger partial charge >= 0.3 is 0 Å². The second-order valence-corrected chi connectivity index (χ2v) is 7.10. The maximum absolute atomic E-state index is 12.8. The second-order valence-electron chi connectivity index (χ2n) is 5.42. The van der Waals surface area contributed by atoms with E-state index in [0.717, 1.165) is 22.0 Å². The van der Waals surface area contributed by atoms with Crippen molar-refractivity contribution in [2.24, 2.45) is 0 Å². The smallest absolute Gasteiger partial charge is 0.268 e. The Bertz CT molecular complexity index is 974. The third-order valence-electron chi connectivity index (χ3n) is 3.92. The number of thioether (sulfide) groups is 1. The van der Waals surface area contributed by atoms with E-state index in [0.29, 0.717) is 9.23 Å². The monoisotopic (exact) mass is 347 g/mol. The molecule has 1 fully saturated rings. The first-order valence-electron chi connectivity index (χ1n) is 7.55. The average molecular weight is 347 g/mol. The highest BCUT2D eigenvalue weighted by Crippen LogP contribution is 2.36. The Kier molecular flexibility index (Phi) is 3.92. The summed E-state index contributed by atoms with van der Waals surface area (Å²) < 4.78 is 0.567. The highest BCUT2D eigenvalue weighted by atomic mass is 32.2. The number of anilines is 1. The van der Waals surface area contributed by atoms with Crippen LogP contribution in [0.15, 0.2) is 77.7 Å². The van der Waals surface area contributed by atoms with Gasteiger partial charge in [0.2, 0.25) is 0 Å². The summed E-state index contributed by atoms with van der Waals surface area (Å²) in [7, 11) is 0. The predicted octanol–water partition coefficient (Wildman–Crippen LogP) is 5.25. The minimum atomic E-state index is -0.0656. The first-order chi connectivity index (χ1) is 11.7. The SMILES string of the molecule is O=C1C(=Cc2cccc3ccccc23)SC(=S)N1c1ccccc1. The Morgan fingerprint density at radius 2 is 1.58 bits per heavy atom. The van der Waals surface area contributed by atoms with Gasteiger partial charge in [-0.3, -0.25) is 9.69 Å². The molecule has 0 aromatic heterocycles. The van der Waals surface area contributed by atoms with Crippen LogP contribution < -0.4 is 4.90 Å². The summed E-state index contributed by atoms with van der Waals surface area (Å²) in [6.07, 6.45) is 1.94. The molecule has 0 aliphatic carbocycles. The molecule has 0 saturated carbocycles. The van der Waals surface area contributed by atoms with E-state index in [-0.39, 0.29) is 5.91 Å². The fourth-order valence-corrected chi connectivity index (χ4v) is 4.07. The van der Waals surface area contributed by atoms with Crippen molar-refractivity contribution in [2.45, 2.75) is 0 Å². The molecular weight excluding hydrogens is 334 g/mol. The van der Waals surface area contributed by atoms with Crippen molar-refractivity contribution in [2.75, 3.05) is 4.90 Å². The molecular formula is C20H13NOS2. The van der Waals surface area contributed by atoms with Gasteiger partial charge in [0.25, 0.3) is 5.91 Å². The maximum Gasteiger partial charge on any atom is 0.270 e. The van der Waals surface area contributed by atoms with Crippen LogP contribution in [0.3, 0.4) is 0 Å². The number of hydrogen-bond donors (Lipinski definition) is 0. The molecule has 2 nitrogen and oxygen atoms in total. The van der Waals surface area contributed by atoms with Gasteiger partial charge in [0.05, 0.1) is 10.6 Å². The number of amides is 1. The average Bonchev–Trinajstić information content (AvgIpc) is 2.90. The van der Waals surface area contributed by atoms with Gasteiger partial charge in [-0.15, -0.1) is 0 Å². The number of fused-ring (bicyclic) bond motifs is 1. The topological polar surface area (TPSA) is 20.3 Å². The van der Waals surface area contributed by atoms with Crippen LogP contribution in [0, 0.1) is 0 Å². The molecule has 1 aliphatic heterocycles. The molecule has 0 atom stereocenters. The molecule has 0 N–H and O–H groups in total. The zero-order chi connectivity index (χ0) is 16.5. The molecule has 1 saturated heterocycles. The Labute approximate surface area is 149 Å². The molecule has 4 heteroatoms. The number of carbonyl (C=O) groups is 1. The quantitative estimate of drug-likeness (QED) is 0.467. The minimum absolute atomic E-state index is 0.0656. The van der Waals surface area contributed by atoms with Crippen LogP contribution in [0.5, 0.6) is 0 Å². The molecule has 1 aliphatic rings. The van der Waals surface area contributed by atoms with Crippen molar-refractivity contribution >= 4 is 56.7 Å². The predicted molar refractivity (Wildman–Crippen MR) is 106 cm³/mol. The summed E-state index contributed by atoms with van der Waals surface area (Å²) in [6, 6.07) is 23.8. The first-order valence-corrected chi connectivity index (χ1v) is 8.77. The van der Waals surface area contributed by atoms with Gasteiger partial charge in [0.15, 0.2) is 4.32 Å². The number of thiocarbonyl (C=S) groups is 1. The van der Waals surface area contributed by atoms with Gasteiger partial charge in [-0.25, -0.2) is 0 Å². The van der Waals surface area contributed by atoms with Crippen molar-refractivity contribution in [3.8, 4) is 0 Å². The summed E-state index contributed by atoms with van der Waals surface area (Å²) >= 11 is 6.76. The second kappa shape index (κ2) is 6.23. The van der Waals surface area contributed by atoms with E-state index in [1.165, 1.54) is 11.8 Å². The number of nitrogens with zero attached hydrogens (tertiary/aromatic N) is 1. The molecule has 0 spiro atoms. The lowest BCUT2D eigenvalue weighted by atomic mass is 10.0. The van der Waals surface area contributed by atoms with Gasteiger partial charge in [-0.05, 0) is 34.5 Å². The van der Waals surface area contributed by atoms with E-state index in [9.17, 15) is 4.79 Å². The van der Waals surface area contributed by atoms with Crippen molar-refractivity contribution in [1.82, 2.24) is 0 Å². The minimum Gasteiger partial charge on any atom is -0.268 e. The molecule has 0 bridgehead atoms. The summed E-state index contributed by atoms with van der Waals surface area (Å²) in [5.74, 6) is -0.0656. The van der Waals surface area contributed by atoms with Crippen molar-refractivity contribution in [1.29, 1.82) is 0 Å². The molecule has 116 valence electrons.